The smallest absolute Gasteiger partial charge is 0.271 e. The Morgan fingerprint density at radius 3 is 2.93 bits per heavy atom. The fourth-order valence-electron chi connectivity index (χ4n) is 0.924. The molecular formula is C8H7N3O4. The van der Waals surface area contributed by atoms with E-state index < -0.39 is 10.8 Å². The fourth-order valence-corrected chi connectivity index (χ4v) is 0.924. The minimum Gasteiger partial charge on any atom is -0.411 e. The Kier molecular flexibility index (Phi) is 3.33. The maximum Gasteiger partial charge on any atom is 0.271 e. The standard InChI is InChI=1S/C8H7N3O4/c12-8(5-9-13)10-6-2-1-3-7(4-6)11(14)15/h1-5,13H,(H,10,12)/b9-5+. The zero-order valence-corrected chi connectivity index (χ0v) is 7.45. The monoisotopic (exact) mass is 209 g/mol. The van der Waals surface area contributed by atoms with Crippen molar-refractivity contribution in [2.24, 2.45) is 5.16 Å². The van der Waals surface area contributed by atoms with E-state index in [4.69, 9.17) is 5.21 Å². The molecule has 1 amide bonds. The molecule has 0 aromatic heterocycles. The number of anilines is 1. The van der Waals surface area contributed by atoms with Crippen LogP contribution in [0, 0.1) is 10.1 Å². The zero-order valence-electron chi connectivity index (χ0n) is 7.45. The third-order valence-corrected chi connectivity index (χ3v) is 1.50. The predicted octanol–water partition coefficient (Wildman–Crippen LogP) is 0.993. The first-order chi connectivity index (χ1) is 7.13. The van der Waals surface area contributed by atoms with E-state index in [0.717, 1.165) is 0 Å². The van der Waals surface area contributed by atoms with Crippen molar-refractivity contribution in [2.45, 2.75) is 0 Å². The fraction of sp³-hybridized carbons (Fsp3) is 0. The van der Waals surface area contributed by atoms with E-state index in [-0.39, 0.29) is 11.4 Å². The van der Waals surface area contributed by atoms with Crippen molar-refractivity contribution >= 4 is 23.5 Å². The lowest BCUT2D eigenvalue weighted by molar-refractivity contribution is -0.384. The number of nitro benzene ring substituents is 1. The minimum absolute atomic E-state index is 0.131. The number of amides is 1. The average Bonchev–Trinajstić information content (AvgIpc) is 2.18. The molecule has 1 rings (SSSR count). The van der Waals surface area contributed by atoms with Crippen LogP contribution in [0.4, 0.5) is 11.4 Å². The molecule has 7 nitrogen and oxygen atoms in total. The summed E-state index contributed by atoms with van der Waals surface area (Å²) < 4.78 is 0. The van der Waals surface area contributed by atoms with Crippen LogP contribution in [0.2, 0.25) is 0 Å². The van der Waals surface area contributed by atoms with Crippen molar-refractivity contribution in [2.75, 3.05) is 5.32 Å². The summed E-state index contributed by atoms with van der Waals surface area (Å²) in [7, 11) is 0. The number of carbonyl (C=O) groups is 1. The van der Waals surface area contributed by atoms with Gasteiger partial charge >= 0.3 is 0 Å². The van der Waals surface area contributed by atoms with Gasteiger partial charge in [-0.25, -0.2) is 0 Å². The summed E-state index contributed by atoms with van der Waals surface area (Å²) in [6, 6.07) is 5.42. The van der Waals surface area contributed by atoms with Crippen LogP contribution in [0.1, 0.15) is 0 Å². The van der Waals surface area contributed by atoms with Gasteiger partial charge in [-0.2, -0.15) is 0 Å². The number of nitrogens with zero attached hydrogens (tertiary/aromatic N) is 2. The lowest BCUT2D eigenvalue weighted by Crippen LogP contribution is -2.12. The van der Waals surface area contributed by atoms with E-state index in [1.54, 1.807) is 0 Å². The summed E-state index contributed by atoms with van der Waals surface area (Å²) in [5.41, 5.74) is 0.128. The van der Waals surface area contributed by atoms with Gasteiger partial charge in [-0.1, -0.05) is 11.2 Å². The minimum atomic E-state index is -0.669. The van der Waals surface area contributed by atoms with Gasteiger partial charge in [0.25, 0.3) is 11.6 Å². The molecule has 0 aliphatic carbocycles. The van der Waals surface area contributed by atoms with Crippen LogP contribution in [0.15, 0.2) is 29.4 Å². The van der Waals surface area contributed by atoms with Gasteiger partial charge in [0.1, 0.15) is 6.21 Å². The summed E-state index contributed by atoms with van der Waals surface area (Å²) in [4.78, 5) is 20.7. The third-order valence-electron chi connectivity index (χ3n) is 1.50. The summed E-state index contributed by atoms with van der Waals surface area (Å²) in [5, 5.41) is 23.3. The number of rotatable bonds is 3. The van der Waals surface area contributed by atoms with E-state index in [0.29, 0.717) is 6.21 Å². The van der Waals surface area contributed by atoms with Crippen molar-refractivity contribution in [3.05, 3.63) is 34.4 Å². The Balaban J connectivity index is 2.82. The lowest BCUT2D eigenvalue weighted by atomic mass is 10.3. The van der Waals surface area contributed by atoms with Gasteiger partial charge < -0.3 is 10.5 Å². The molecule has 0 heterocycles. The topological polar surface area (TPSA) is 105 Å². The van der Waals surface area contributed by atoms with Gasteiger partial charge in [0.05, 0.1) is 4.92 Å². The van der Waals surface area contributed by atoms with Gasteiger partial charge in [-0.15, -0.1) is 0 Å². The molecule has 0 radical (unpaired) electrons. The van der Waals surface area contributed by atoms with E-state index in [9.17, 15) is 14.9 Å². The zero-order chi connectivity index (χ0) is 11.3. The maximum absolute atomic E-state index is 10.9. The highest BCUT2D eigenvalue weighted by Crippen LogP contribution is 2.16. The van der Waals surface area contributed by atoms with Gasteiger partial charge in [0.15, 0.2) is 0 Å². The quantitative estimate of drug-likeness (QED) is 0.335. The number of carbonyl (C=O) groups excluding carboxylic acids is 1. The lowest BCUT2D eigenvalue weighted by Gasteiger charge is -2.00. The average molecular weight is 209 g/mol. The van der Waals surface area contributed by atoms with E-state index in [1.165, 1.54) is 24.3 Å². The molecule has 1 aromatic rings. The Morgan fingerprint density at radius 1 is 1.60 bits per heavy atom. The van der Waals surface area contributed by atoms with E-state index in [1.807, 2.05) is 0 Å². The Labute approximate surface area is 84.2 Å². The van der Waals surface area contributed by atoms with Gasteiger partial charge in [-0.3, -0.25) is 14.9 Å². The Hall–Kier alpha value is -2.44. The van der Waals surface area contributed by atoms with Crippen LogP contribution in [0.25, 0.3) is 0 Å². The molecule has 0 fully saturated rings. The molecule has 0 saturated heterocycles. The van der Waals surface area contributed by atoms with Crippen LogP contribution < -0.4 is 5.32 Å². The van der Waals surface area contributed by atoms with E-state index in [2.05, 4.69) is 10.5 Å². The highest BCUT2D eigenvalue weighted by atomic mass is 16.6. The molecule has 0 aliphatic rings. The summed E-state index contributed by atoms with van der Waals surface area (Å²) in [5.74, 6) is -0.669. The molecule has 78 valence electrons. The SMILES string of the molecule is O=C(/C=N/O)Nc1cccc([N+](=O)[O-])c1. The van der Waals surface area contributed by atoms with Crippen LogP contribution >= 0.6 is 0 Å². The van der Waals surface area contributed by atoms with Crippen molar-refractivity contribution < 1.29 is 14.9 Å². The normalized spacial score (nSPS) is 10.1. The van der Waals surface area contributed by atoms with Gasteiger partial charge in [0, 0.05) is 17.8 Å². The van der Waals surface area contributed by atoms with Crippen LogP contribution in [-0.4, -0.2) is 22.3 Å². The van der Waals surface area contributed by atoms with Crippen LogP contribution in [0.5, 0.6) is 0 Å². The molecule has 0 spiro atoms. The molecule has 0 saturated carbocycles. The van der Waals surface area contributed by atoms with Crippen molar-refractivity contribution in [1.29, 1.82) is 0 Å². The molecular weight excluding hydrogens is 202 g/mol. The van der Waals surface area contributed by atoms with Crippen molar-refractivity contribution in [3.63, 3.8) is 0 Å². The maximum atomic E-state index is 10.9. The number of hydrogen-bond acceptors (Lipinski definition) is 5. The molecule has 0 aliphatic heterocycles. The molecule has 1 aromatic carbocycles. The highest BCUT2D eigenvalue weighted by Gasteiger charge is 2.06. The van der Waals surface area contributed by atoms with Gasteiger partial charge in [-0.05, 0) is 6.07 Å². The number of nitro groups is 1. The number of benzene rings is 1. The second kappa shape index (κ2) is 4.70. The number of oxime groups is 1. The Bertz CT molecular complexity index is 416. The third kappa shape index (κ3) is 3.07. The largest absolute Gasteiger partial charge is 0.411 e. The number of hydrogen-bond donors (Lipinski definition) is 2. The summed E-state index contributed by atoms with van der Waals surface area (Å²) >= 11 is 0. The number of nitrogens with one attached hydrogen (secondary N) is 1. The first kappa shape index (κ1) is 10.6. The summed E-state index contributed by atoms with van der Waals surface area (Å²) in [6.07, 6.45) is 0.652. The predicted molar refractivity (Wildman–Crippen MR) is 52.0 cm³/mol. The molecule has 0 atom stereocenters. The van der Waals surface area contributed by atoms with Gasteiger partial charge in [0.2, 0.25) is 0 Å². The highest BCUT2D eigenvalue weighted by molar-refractivity contribution is 6.31. The number of non-ortho nitro benzene ring substituents is 1. The van der Waals surface area contributed by atoms with Crippen molar-refractivity contribution in [1.82, 2.24) is 0 Å². The molecule has 0 unspecified atom stereocenters. The van der Waals surface area contributed by atoms with E-state index >= 15 is 0 Å². The Morgan fingerprint density at radius 2 is 2.33 bits per heavy atom. The first-order valence-corrected chi connectivity index (χ1v) is 3.86. The molecule has 7 heteroatoms. The van der Waals surface area contributed by atoms with Crippen molar-refractivity contribution in [3.8, 4) is 0 Å². The van der Waals surface area contributed by atoms with Crippen LogP contribution in [-0.2, 0) is 4.79 Å². The second-order valence-electron chi connectivity index (χ2n) is 2.54. The summed E-state index contributed by atoms with van der Waals surface area (Å²) in [6.45, 7) is 0. The first-order valence-electron chi connectivity index (χ1n) is 3.86. The molecule has 2 N–H and O–H groups in total. The molecule has 0 bridgehead atoms. The second-order valence-corrected chi connectivity index (χ2v) is 2.54. The molecule has 15 heavy (non-hydrogen) atoms. The van der Waals surface area contributed by atoms with Crippen LogP contribution in [0.3, 0.4) is 0 Å².